The lowest BCUT2D eigenvalue weighted by molar-refractivity contribution is 0.186. The molecule has 3 aromatic heterocycles. The first-order chi connectivity index (χ1) is 12.7. The summed E-state index contributed by atoms with van der Waals surface area (Å²) in [6, 6.07) is 12.0. The Morgan fingerprint density at radius 2 is 2.04 bits per heavy atom. The van der Waals surface area contributed by atoms with Crippen LogP contribution in [-0.2, 0) is 24.3 Å². The van der Waals surface area contributed by atoms with Gasteiger partial charge in [-0.2, -0.15) is 0 Å². The van der Waals surface area contributed by atoms with E-state index in [2.05, 4.69) is 15.3 Å². The molecule has 0 N–H and O–H groups in total. The molecule has 1 aromatic carbocycles. The Kier molecular flexibility index (Phi) is 4.48. The topological polar surface area (TPSA) is 69.9 Å². The molecular weight excluding hydrogens is 348 g/mol. The van der Waals surface area contributed by atoms with Gasteiger partial charge in [-0.15, -0.1) is 16.4 Å². The smallest absolute Gasteiger partial charge is 0.287 e. The summed E-state index contributed by atoms with van der Waals surface area (Å²) >= 11 is 1.38. The summed E-state index contributed by atoms with van der Waals surface area (Å²) in [6.45, 7) is 2.88. The minimum atomic E-state index is -0.116. The van der Waals surface area contributed by atoms with E-state index < -0.39 is 0 Å². The molecule has 0 unspecified atom stereocenters. The van der Waals surface area contributed by atoms with Gasteiger partial charge in [0.1, 0.15) is 15.0 Å². The fourth-order valence-corrected chi connectivity index (χ4v) is 4.23. The molecule has 0 amide bonds. The highest BCUT2D eigenvalue weighted by molar-refractivity contribution is 7.25. The van der Waals surface area contributed by atoms with Gasteiger partial charge < -0.3 is 4.74 Å². The number of methoxy groups -OCH3 is 1. The molecule has 0 spiro atoms. The molecule has 132 valence electrons. The standard InChI is InChI=1S/C19H18N4O2S/c1-12-10-14(11-25-2)15-16-17(26-18(15)20-12)19(24)23(22-21-16)9-8-13-6-4-3-5-7-13/h3-7,10H,8-9,11H2,1-2H3. The maximum absolute atomic E-state index is 12.9. The molecule has 3 heterocycles. The van der Waals surface area contributed by atoms with Gasteiger partial charge in [-0.1, -0.05) is 35.5 Å². The molecule has 4 rings (SSSR count). The van der Waals surface area contributed by atoms with Crippen molar-refractivity contribution in [3.05, 3.63) is 63.6 Å². The summed E-state index contributed by atoms with van der Waals surface area (Å²) in [5, 5.41) is 9.38. The molecule has 4 aromatic rings. The monoisotopic (exact) mass is 366 g/mol. The number of rotatable bonds is 5. The van der Waals surface area contributed by atoms with E-state index in [9.17, 15) is 4.79 Å². The van der Waals surface area contributed by atoms with E-state index >= 15 is 0 Å². The molecule has 0 bridgehead atoms. The molecule has 0 aliphatic heterocycles. The van der Waals surface area contributed by atoms with E-state index in [1.165, 1.54) is 16.0 Å². The number of aromatic nitrogens is 4. The second kappa shape index (κ2) is 6.93. The molecular formula is C19H18N4O2S. The highest BCUT2D eigenvalue weighted by Gasteiger charge is 2.17. The first-order valence-corrected chi connectivity index (χ1v) is 9.18. The van der Waals surface area contributed by atoms with Crippen molar-refractivity contribution in [3.8, 4) is 0 Å². The first-order valence-electron chi connectivity index (χ1n) is 8.37. The van der Waals surface area contributed by atoms with Crippen LogP contribution in [0.25, 0.3) is 20.4 Å². The van der Waals surface area contributed by atoms with Crippen LogP contribution in [0.15, 0.2) is 41.2 Å². The molecule has 0 saturated heterocycles. The molecule has 7 heteroatoms. The Balaban J connectivity index is 1.79. The lowest BCUT2D eigenvalue weighted by atomic mass is 10.1. The molecule has 6 nitrogen and oxygen atoms in total. The number of ether oxygens (including phenoxy) is 1. The average molecular weight is 366 g/mol. The van der Waals surface area contributed by atoms with Gasteiger partial charge in [-0.05, 0) is 30.5 Å². The van der Waals surface area contributed by atoms with Crippen molar-refractivity contribution in [2.24, 2.45) is 0 Å². The van der Waals surface area contributed by atoms with Gasteiger partial charge in [0.25, 0.3) is 5.56 Å². The Labute approximate surface area is 154 Å². The minimum absolute atomic E-state index is 0.116. The Morgan fingerprint density at radius 1 is 1.23 bits per heavy atom. The van der Waals surface area contributed by atoms with Crippen molar-refractivity contribution >= 4 is 31.8 Å². The number of benzene rings is 1. The Morgan fingerprint density at radius 3 is 2.81 bits per heavy atom. The van der Waals surface area contributed by atoms with Crippen LogP contribution in [0.4, 0.5) is 0 Å². The normalized spacial score (nSPS) is 11.5. The van der Waals surface area contributed by atoms with Crippen LogP contribution in [0.5, 0.6) is 0 Å². The lowest BCUT2D eigenvalue weighted by Gasteiger charge is -2.05. The zero-order valence-corrected chi connectivity index (χ0v) is 15.4. The Bertz CT molecular complexity index is 1140. The van der Waals surface area contributed by atoms with Crippen LogP contribution >= 0.6 is 11.3 Å². The first kappa shape index (κ1) is 16.8. The number of aryl methyl sites for hydroxylation is 3. The fourth-order valence-electron chi connectivity index (χ4n) is 3.09. The summed E-state index contributed by atoms with van der Waals surface area (Å²) in [4.78, 5) is 18.3. The van der Waals surface area contributed by atoms with E-state index in [-0.39, 0.29) is 5.56 Å². The molecule has 0 aliphatic rings. The van der Waals surface area contributed by atoms with Crippen molar-refractivity contribution in [1.29, 1.82) is 0 Å². The van der Waals surface area contributed by atoms with Gasteiger partial charge in [-0.25, -0.2) is 9.67 Å². The summed E-state index contributed by atoms with van der Waals surface area (Å²) in [6.07, 6.45) is 0.734. The molecule has 0 saturated carbocycles. The van der Waals surface area contributed by atoms with Gasteiger partial charge in [0.2, 0.25) is 0 Å². The van der Waals surface area contributed by atoms with E-state index in [4.69, 9.17) is 4.74 Å². The van der Waals surface area contributed by atoms with Gasteiger partial charge >= 0.3 is 0 Å². The number of pyridine rings is 1. The summed E-state index contributed by atoms with van der Waals surface area (Å²) in [5.41, 5.74) is 3.54. The SMILES string of the molecule is COCc1cc(C)nc2sc3c(=O)n(CCc4ccccc4)nnc3c12. The molecule has 0 aliphatic carbocycles. The van der Waals surface area contributed by atoms with Crippen LogP contribution in [0.2, 0.25) is 0 Å². The zero-order valence-electron chi connectivity index (χ0n) is 14.6. The Hall–Kier alpha value is -2.64. The van der Waals surface area contributed by atoms with Crippen LogP contribution in [0.1, 0.15) is 16.8 Å². The number of hydrogen-bond acceptors (Lipinski definition) is 6. The molecule has 26 heavy (non-hydrogen) atoms. The van der Waals surface area contributed by atoms with Crippen molar-refractivity contribution in [2.75, 3.05) is 7.11 Å². The molecule has 0 radical (unpaired) electrons. The number of hydrogen-bond donors (Lipinski definition) is 0. The zero-order chi connectivity index (χ0) is 18.1. The number of thiophene rings is 1. The third kappa shape index (κ3) is 3.00. The summed E-state index contributed by atoms with van der Waals surface area (Å²) in [5.74, 6) is 0. The van der Waals surface area contributed by atoms with E-state index in [0.29, 0.717) is 23.4 Å². The van der Waals surface area contributed by atoms with Crippen LogP contribution in [0.3, 0.4) is 0 Å². The fraction of sp³-hybridized carbons (Fsp3) is 0.263. The summed E-state index contributed by atoms with van der Waals surface area (Å²) < 4.78 is 7.33. The van der Waals surface area contributed by atoms with Crippen LogP contribution < -0.4 is 5.56 Å². The van der Waals surface area contributed by atoms with Crippen molar-refractivity contribution < 1.29 is 4.74 Å². The van der Waals surface area contributed by atoms with Gasteiger partial charge in [0.15, 0.2) is 0 Å². The quantitative estimate of drug-likeness (QED) is 0.543. The number of nitrogens with zero attached hydrogens (tertiary/aromatic N) is 4. The molecule has 0 atom stereocenters. The summed E-state index contributed by atoms with van der Waals surface area (Å²) in [7, 11) is 1.65. The second-order valence-corrected chi connectivity index (χ2v) is 7.17. The average Bonchev–Trinajstić information content (AvgIpc) is 3.01. The second-order valence-electron chi connectivity index (χ2n) is 6.17. The van der Waals surface area contributed by atoms with E-state index in [1.54, 1.807) is 7.11 Å². The van der Waals surface area contributed by atoms with Crippen LogP contribution in [0, 0.1) is 6.92 Å². The van der Waals surface area contributed by atoms with E-state index in [0.717, 1.165) is 33.5 Å². The predicted molar refractivity (Wildman–Crippen MR) is 103 cm³/mol. The third-order valence-electron chi connectivity index (χ3n) is 4.28. The van der Waals surface area contributed by atoms with Gasteiger partial charge in [0.05, 0.1) is 13.2 Å². The lowest BCUT2D eigenvalue weighted by Crippen LogP contribution is -2.24. The highest BCUT2D eigenvalue weighted by Crippen LogP contribution is 2.32. The maximum Gasteiger partial charge on any atom is 0.287 e. The van der Waals surface area contributed by atoms with Gasteiger partial charge in [-0.3, -0.25) is 4.79 Å². The van der Waals surface area contributed by atoms with Crippen molar-refractivity contribution in [2.45, 2.75) is 26.5 Å². The minimum Gasteiger partial charge on any atom is -0.380 e. The molecule has 0 fully saturated rings. The third-order valence-corrected chi connectivity index (χ3v) is 5.34. The number of fused-ring (bicyclic) bond motifs is 3. The highest BCUT2D eigenvalue weighted by atomic mass is 32.1. The van der Waals surface area contributed by atoms with Gasteiger partial charge in [0, 0.05) is 18.2 Å². The maximum atomic E-state index is 12.9. The van der Waals surface area contributed by atoms with E-state index in [1.807, 2.05) is 43.3 Å². The van der Waals surface area contributed by atoms with Crippen LogP contribution in [-0.4, -0.2) is 27.1 Å². The van der Waals surface area contributed by atoms with Crippen molar-refractivity contribution in [1.82, 2.24) is 20.0 Å². The van der Waals surface area contributed by atoms with Crippen molar-refractivity contribution in [3.63, 3.8) is 0 Å². The largest absolute Gasteiger partial charge is 0.380 e. The predicted octanol–water partition coefficient (Wildman–Crippen LogP) is 3.10.